The summed E-state index contributed by atoms with van der Waals surface area (Å²) in [6, 6.07) is 13.6. The van der Waals surface area contributed by atoms with E-state index in [1.54, 1.807) is 21.0 Å². The van der Waals surface area contributed by atoms with Crippen LogP contribution in [0.2, 0.25) is 6.82 Å². The van der Waals surface area contributed by atoms with Gasteiger partial charge in [0.1, 0.15) is 11.5 Å². The van der Waals surface area contributed by atoms with Crippen LogP contribution in [0, 0.1) is 0 Å². The zero-order valence-corrected chi connectivity index (χ0v) is 12.5. The van der Waals surface area contributed by atoms with E-state index in [9.17, 15) is 5.02 Å². The molecule has 0 unspecified atom stereocenters. The van der Waals surface area contributed by atoms with Crippen molar-refractivity contribution in [1.29, 1.82) is 0 Å². The van der Waals surface area contributed by atoms with Crippen LogP contribution in [-0.4, -0.2) is 26.2 Å². The minimum atomic E-state index is -0.439. The summed E-state index contributed by atoms with van der Waals surface area (Å²) in [5.41, 5.74) is 2.99. The summed E-state index contributed by atoms with van der Waals surface area (Å²) in [4.78, 5) is 0. The normalized spacial score (nSPS) is 10.7. The number of ether oxygens (including phenoxy) is 2. The molecular weight excluding hydrogens is 263 g/mol. The summed E-state index contributed by atoms with van der Waals surface area (Å²) in [6.45, 7) is 1.32. The Morgan fingerprint density at radius 3 is 1.86 bits per heavy atom. The third kappa shape index (κ3) is 4.13. The molecular formula is C17H19BO3. The van der Waals surface area contributed by atoms with Gasteiger partial charge in [0.2, 0.25) is 0 Å². The lowest BCUT2D eigenvalue weighted by atomic mass is 9.64. The Morgan fingerprint density at radius 2 is 1.38 bits per heavy atom. The molecule has 0 bridgehead atoms. The standard InChI is InChI=1S/C17H19BO3/c1-18(19)15-8-6-13(7-9-15)4-5-14-10-16(20-2)12-17(11-14)21-3/h4-12,19H,1-3H3/b5-4+. The van der Waals surface area contributed by atoms with Gasteiger partial charge in [0.15, 0.2) is 0 Å². The first-order valence-corrected chi connectivity index (χ1v) is 6.81. The molecule has 2 aromatic carbocycles. The Balaban J connectivity index is 2.20. The molecule has 2 rings (SSSR count). The quantitative estimate of drug-likeness (QED) is 0.677. The summed E-state index contributed by atoms with van der Waals surface area (Å²) in [7, 11) is 3.27. The average molecular weight is 282 g/mol. The molecule has 0 aliphatic carbocycles. The molecule has 0 amide bonds. The number of benzene rings is 2. The van der Waals surface area contributed by atoms with Crippen molar-refractivity contribution in [3.8, 4) is 11.5 Å². The van der Waals surface area contributed by atoms with Crippen LogP contribution in [0.15, 0.2) is 42.5 Å². The van der Waals surface area contributed by atoms with Gasteiger partial charge in [-0.15, -0.1) is 0 Å². The van der Waals surface area contributed by atoms with Gasteiger partial charge in [0, 0.05) is 6.07 Å². The summed E-state index contributed by atoms with van der Waals surface area (Å²) in [5, 5.41) is 9.49. The van der Waals surface area contributed by atoms with E-state index in [1.165, 1.54) is 0 Å². The highest BCUT2D eigenvalue weighted by molar-refractivity contribution is 6.64. The lowest BCUT2D eigenvalue weighted by Crippen LogP contribution is -2.25. The average Bonchev–Trinajstić information content (AvgIpc) is 2.52. The predicted molar refractivity (Wildman–Crippen MR) is 88.4 cm³/mol. The Hall–Kier alpha value is -2.20. The van der Waals surface area contributed by atoms with Crippen LogP contribution in [0.3, 0.4) is 0 Å². The predicted octanol–water partition coefficient (Wildman–Crippen LogP) is 2.69. The van der Waals surface area contributed by atoms with Crippen molar-refractivity contribution in [3.05, 3.63) is 53.6 Å². The second kappa shape index (κ2) is 7.00. The minimum absolute atomic E-state index is 0.439. The van der Waals surface area contributed by atoms with E-state index in [2.05, 4.69) is 0 Å². The van der Waals surface area contributed by atoms with Crippen molar-refractivity contribution in [3.63, 3.8) is 0 Å². The molecule has 0 saturated heterocycles. The van der Waals surface area contributed by atoms with Gasteiger partial charge in [-0.05, 0) is 28.7 Å². The van der Waals surface area contributed by atoms with E-state index >= 15 is 0 Å². The molecule has 0 fully saturated rings. The molecule has 4 heteroatoms. The molecule has 0 heterocycles. The second-order valence-corrected chi connectivity index (χ2v) is 4.82. The number of methoxy groups -OCH3 is 2. The SMILES string of the molecule is COc1cc(/C=C/c2ccc(B(C)O)cc2)cc(OC)c1. The van der Waals surface area contributed by atoms with Crippen molar-refractivity contribution >= 4 is 24.5 Å². The fourth-order valence-corrected chi connectivity index (χ4v) is 2.00. The molecule has 2 aromatic rings. The van der Waals surface area contributed by atoms with E-state index in [4.69, 9.17) is 9.47 Å². The van der Waals surface area contributed by atoms with Crippen LogP contribution in [-0.2, 0) is 0 Å². The highest BCUT2D eigenvalue weighted by Gasteiger charge is 2.04. The van der Waals surface area contributed by atoms with Crippen LogP contribution in [0.5, 0.6) is 11.5 Å². The van der Waals surface area contributed by atoms with Crippen LogP contribution in [0.25, 0.3) is 12.2 Å². The van der Waals surface area contributed by atoms with Crippen LogP contribution >= 0.6 is 0 Å². The summed E-state index contributed by atoms with van der Waals surface area (Å²) < 4.78 is 10.5. The fourth-order valence-electron chi connectivity index (χ4n) is 2.00. The Bertz CT molecular complexity index is 596. The molecule has 0 aliphatic heterocycles. The first kappa shape index (κ1) is 15.2. The monoisotopic (exact) mass is 282 g/mol. The third-order valence-corrected chi connectivity index (χ3v) is 3.26. The summed E-state index contributed by atoms with van der Waals surface area (Å²) in [5.74, 6) is 1.52. The first-order chi connectivity index (χ1) is 10.1. The van der Waals surface area contributed by atoms with Gasteiger partial charge in [-0.1, -0.05) is 43.2 Å². The molecule has 0 spiro atoms. The lowest BCUT2D eigenvalue weighted by molar-refractivity contribution is 0.394. The van der Waals surface area contributed by atoms with Crippen LogP contribution < -0.4 is 14.9 Å². The minimum Gasteiger partial charge on any atom is -0.497 e. The number of rotatable bonds is 5. The zero-order chi connectivity index (χ0) is 15.2. The van der Waals surface area contributed by atoms with Crippen molar-refractivity contribution in [1.82, 2.24) is 0 Å². The van der Waals surface area contributed by atoms with Gasteiger partial charge < -0.3 is 14.5 Å². The van der Waals surface area contributed by atoms with Gasteiger partial charge in [0.05, 0.1) is 14.2 Å². The van der Waals surface area contributed by atoms with Crippen LogP contribution in [0.1, 0.15) is 11.1 Å². The summed E-state index contributed by atoms with van der Waals surface area (Å²) >= 11 is 0. The molecule has 3 nitrogen and oxygen atoms in total. The van der Waals surface area contributed by atoms with Crippen LogP contribution in [0.4, 0.5) is 0 Å². The fraction of sp³-hybridized carbons (Fsp3) is 0.176. The largest absolute Gasteiger partial charge is 0.497 e. The molecule has 21 heavy (non-hydrogen) atoms. The van der Waals surface area contributed by atoms with Gasteiger partial charge in [0.25, 0.3) is 0 Å². The summed E-state index contributed by atoms with van der Waals surface area (Å²) in [6.07, 6.45) is 4.02. The Labute approximate surface area is 126 Å². The van der Waals surface area contributed by atoms with E-state index in [1.807, 2.05) is 54.6 Å². The van der Waals surface area contributed by atoms with Crippen molar-refractivity contribution in [2.24, 2.45) is 0 Å². The molecule has 108 valence electrons. The second-order valence-electron chi connectivity index (χ2n) is 4.82. The van der Waals surface area contributed by atoms with E-state index in [0.717, 1.165) is 28.1 Å². The smallest absolute Gasteiger partial charge is 0.320 e. The van der Waals surface area contributed by atoms with E-state index < -0.39 is 6.92 Å². The van der Waals surface area contributed by atoms with E-state index in [-0.39, 0.29) is 0 Å². The maximum Gasteiger partial charge on any atom is 0.320 e. The van der Waals surface area contributed by atoms with Gasteiger partial charge in [-0.2, -0.15) is 0 Å². The topological polar surface area (TPSA) is 38.7 Å². The maximum atomic E-state index is 9.49. The molecule has 0 aromatic heterocycles. The number of hydrogen-bond acceptors (Lipinski definition) is 3. The molecule has 0 radical (unpaired) electrons. The molecule has 0 saturated carbocycles. The van der Waals surface area contributed by atoms with Gasteiger partial charge in [-0.3, -0.25) is 0 Å². The Kier molecular flexibility index (Phi) is 5.06. The lowest BCUT2D eigenvalue weighted by Gasteiger charge is -2.06. The third-order valence-electron chi connectivity index (χ3n) is 3.26. The zero-order valence-electron chi connectivity index (χ0n) is 12.5. The van der Waals surface area contributed by atoms with Crippen molar-refractivity contribution < 1.29 is 14.5 Å². The highest BCUT2D eigenvalue weighted by atomic mass is 16.5. The number of hydrogen-bond donors (Lipinski definition) is 1. The van der Waals surface area contributed by atoms with Gasteiger partial charge in [-0.25, -0.2) is 0 Å². The molecule has 0 aliphatic rings. The molecule has 1 N–H and O–H groups in total. The molecule has 0 atom stereocenters. The van der Waals surface area contributed by atoms with Crippen molar-refractivity contribution in [2.75, 3.05) is 14.2 Å². The van der Waals surface area contributed by atoms with Crippen molar-refractivity contribution in [2.45, 2.75) is 6.82 Å². The maximum absolute atomic E-state index is 9.49. The highest BCUT2D eigenvalue weighted by Crippen LogP contribution is 2.23. The van der Waals surface area contributed by atoms with Gasteiger partial charge >= 0.3 is 6.92 Å². The Morgan fingerprint density at radius 1 is 0.857 bits per heavy atom. The van der Waals surface area contributed by atoms with E-state index in [0.29, 0.717) is 0 Å². The first-order valence-electron chi connectivity index (χ1n) is 6.81.